The van der Waals surface area contributed by atoms with E-state index >= 15 is 0 Å². The number of hydrogen-bond donors (Lipinski definition) is 2. The van der Waals surface area contributed by atoms with Crippen molar-refractivity contribution < 1.29 is 19.4 Å². The number of carbonyl (C=O) groups is 2. The van der Waals surface area contributed by atoms with Crippen LogP contribution in [0.1, 0.15) is 20.3 Å². The van der Waals surface area contributed by atoms with Crippen molar-refractivity contribution in [2.45, 2.75) is 20.3 Å². The predicted molar refractivity (Wildman–Crippen MR) is 71.7 cm³/mol. The standard InChI is InChI=1S/C13H22N2O4/c1-4-7-15(10-12(16)17)13(18)14-6-9-19-8-5-11(2)3/h1,11H,5-10H2,2-3H3,(H,14,18)(H,16,17). The van der Waals surface area contributed by atoms with E-state index in [2.05, 4.69) is 25.1 Å². The molecule has 0 heterocycles. The minimum Gasteiger partial charge on any atom is -0.480 e. The van der Waals surface area contributed by atoms with E-state index in [1.54, 1.807) is 0 Å². The highest BCUT2D eigenvalue weighted by Gasteiger charge is 2.14. The molecule has 2 N–H and O–H groups in total. The van der Waals surface area contributed by atoms with Gasteiger partial charge in [0, 0.05) is 13.2 Å². The molecule has 0 saturated heterocycles. The minimum absolute atomic E-state index is 0.0354. The monoisotopic (exact) mass is 270 g/mol. The molecule has 0 spiro atoms. The molecule has 0 aromatic heterocycles. The van der Waals surface area contributed by atoms with Gasteiger partial charge in [0.25, 0.3) is 0 Å². The quantitative estimate of drug-likeness (QED) is 0.479. The zero-order valence-corrected chi connectivity index (χ0v) is 11.5. The zero-order chi connectivity index (χ0) is 14.7. The van der Waals surface area contributed by atoms with Crippen LogP contribution < -0.4 is 5.32 Å². The van der Waals surface area contributed by atoms with Gasteiger partial charge in [-0.15, -0.1) is 6.42 Å². The fourth-order valence-electron chi connectivity index (χ4n) is 1.24. The molecule has 0 aromatic rings. The lowest BCUT2D eigenvalue weighted by atomic mass is 10.1. The lowest BCUT2D eigenvalue weighted by Gasteiger charge is -2.18. The van der Waals surface area contributed by atoms with Crippen molar-refractivity contribution in [3.8, 4) is 12.3 Å². The molecule has 0 aliphatic carbocycles. The Labute approximate surface area is 114 Å². The Kier molecular flexibility index (Phi) is 9.27. The van der Waals surface area contributed by atoms with Crippen molar-refractivity contribution in [1.82, 2.24) is 10.2 Å². The van der Waals surface area contributed by atoms with Gasteiger partial charge in [-0.2, -0.15) is 0 Å². The predicted octanol–water partition coefficient (Wildman–Crippen LogP) is 0.778. The molecule has 0 atom stereocenters. The van der Waals surface area contributed by atoms with E-state index in [-0.39, 0.29) is 6.54 Å². The Bertz CT molecular complexity index is 323. The van der Waals surface area contributed by atoms with E-state index in [4.69, 9.17) is 16.3 Å². The summed E-state index contributed by atoms with van der Waals surface area (Å²) in [5, 5.41) is 11.2. The van der Waals surface area contributed by atoms with Crippen molar-refractivity contribution in [2.24, 2.45) is 5.92 Å². The van der Waals surface area contributed by atoms with Crippen molar-refractivity contribution >= 4 is 12.0 Å². The molecule has 6 nitrogen and oxygen atoms in total. The van der Waals surface area contributed by atoms with Crippen LogP contribution in [0.2, 0.25) is 0 Å². The second-order valence-electron chi connectivity index (χ2n) is 4.48. The third-order valence-electron chi connectivity index (χ3n) is 2.26. The van der Waals surface area contributed by atoms with Gasteiger partial charge in [0.2, 0.25) is 0 Å². The molecule has 2 amide bonds. The summed E-state index contributed by atoms with van der Waals surface area (Å²) in [7, 11) is 0. The van der Waals surface area contributed by atoms with E-state index < -0.39 is 18.5 Å². The second kappa shape index (κ2) is 10.2. The van der Waals surface area contributed by atoms with Crippen LogP contribution in [0.15, 0.2) is 0 Å². The van der Waals surface area contributed by atoms with E-state index in [1.807, 2.05) is 0 Å². The number of ether oxygens (including phenoxy) is 1. The van der Waals surface area contributed by atoms with Crippen molar-refractivity contribution in [3.05, 3.63) is 0 Å². The third-order valence-corrected chi connectivity index (χ3v) is 2.26. The first-order valence-electron chi connectivity index (χ1n) is 6.23. The number of rotatable bonds is 9. The van der Waals surface area contributed by atoms with Crippen molar-refractivity contribution in [3.63, 3.8) is 0 Å². The van der Waals surface area contributed by atoms with E-state index in [9.17, 15) is 9.59 Å². The first kappa shape index (κ1) is 17.3. The van der Waals surface area contributed by atoms with Crippen LogP contribution in [0, 0.1) is 18.3 Å². The molecule has 0 unspecified atom stereocenters. The number of terminal acetylenes is 1. The summed E-state index contributed by atoms with van der Waals surface area (Å²) in [5.41, 5.74) is 0. The number of amides is 2. The minimum atomic E-state index is -1.10. The third kappa shape index (κ3) is 9.92. The number of nitrogens with zero attached hydrogens (tertiary/aromatic N) is 1. The molecule has 0 aromatic carbocycles. The summed E-state index contributed by atoms with van der Waals surface area (Å²) in [5.74, 6) is 1.73. The number of hydrogen-bond acceptors (Lipinski definition) is 3. The molecule has 108 valence electrons. The van der Waals surface area contributed by atoms with Crippen LogP contribution in [-0.4, -0.2) is 54.9 Å². The topological polar surface area (TPSA) is 78.9 Å². The van der Waals surface area contributed by atoms with Gasteiger partial charge < -0.3 is 20.1 Å². The van der Waals surface area contributed by atoms with E-state index in [0.29, 0.717) is 25.7 Å². The van der Waals surface area contributed by atoms with Crippen LogP contribution in [0.25, 0.3) is 0 Å². The molecule has 0 bridgehead atoms. The largest absolute Gasteiger partial charge is 0.480 e. The Morgan fingerprint density at radius 3 is 2.63 bits per heavy atom. The molecule has 19 heavy (non-hydrogen) atoms. The van der Waals surface area contributed by atoms with E-state index in [0.717, 1.165) is 11.3 Å². The number of carboxylic acid groups (broad SMARTS) is 1. The van der Waals surface area contributed by atoms with Gasteiger partial charge in [-0.25, -0.2) is 4.79 Å². The van der Waals surface area contributed by atoms with Gasteiger partial charge in [0.1, 0.15) is 6.54 Å². The number of carboxylic acids is 1. The molecule has 0 saturated carbocycles. The highest BCUT2D eigenvalue weighted by Crippen LogP contribution is 1.98. The molecule has 0 aliphatic heterocycles. The maximum Gasteiger partial charge on any atom is 0.323 e. The van der Waals surface area contributed by atoms with Crippen molar-refractivity contribution in [1.29, 1.82) is 0 Å². The normalized spacial score (nSPS) is 10.0. The Morgan fingerprint density at radius 1 is 1.42 bits per heavy atom. The Balaban J connectivity index is 3.81. The van der Waals surface area contributed by atoms with E-state index in [1.165, 1.54) is 0 Å². The maximum absolute atomic E-state index is 11.6. The van der Waals surface area contributed by atoms with Gasteiger partial charge in [0.15, 0.2) is 0 Å². The summed E-state index contributed by atoms with van der Waals surface area (Å²) in [4.78, 5) is 23.2. The lowest BCUT2D eigenvalue weighted by molar-refractivity contribution is -0.137. The molecule has 0 fully saturated rings. The van der Waals surface area contributed by atoms with Gasteiger partial charge >= 0.3 is 12.0 Å². The molecule has 0 radical (unpaired) electrons. The van der Waals surface area contributed by atoms with Crippen LogP contribution in [-0.2, 0) is 9.53 Å². The smallest absolute Gasteiger partial charge is 0.323 e. The van der Waals surface area contributed by atoms with Crippen molar-refractivity contribution in [2.75, 3.05) is 32.8 Å². The highest BCUT2D eigenvalue weighted by atomic mass is 16.5. The summed E-state index contributed by atoms with van der Waals surface area (Å²) in [6.07, 6.45) is 6.04. The fraction of sp³-hybridized carbons (Fsp3) is 0.692. The summed E-state index contributed by atoms with van der Waals surface area (Å²) in [6.45, 7) is 5.14. The Morgan fingerprint density at radius 2 is 2.11 bits per heavy atom. The number of nitrogens with one attached hydrogen (secondary N) is 1. The highest BCUT2D eigenvalue weighted by molar-refractivity contribution is 5.80. The average Bonchev–Trinajstić information content (AvgIpc) is 2.31. The van der Waals surface area contributed by atoms with Gasteiger partial charge in [-0.3, -0.25) is 4.79 Å². The second-order valence-corrected chi connectivity index (χ2v) is 4.48. The molecular weight excluding hydrogens is 248 g/mol. The van der Waals surface area contributed by atoms with Crippen LogP contribution in [0.3, 0.4) is 0 Å². The summed E-state index contributed by atoms with van der Waals surface area (Å²) >= 11 is 0. The molecule has 6 heteroatoms. The fourth-order valence-corrected chi connectivity index (χ4v) is 1.24. The summed E-state index contributed by atoms with van der Waals surface area (Å²) < 4.78 is 5.33. The van der Waals surface area contributed by atoms with Gasteiger partial charge in [-0.05, 0) is 12.3 Å². The Hall–Kier alpha value is -1.74. The van der Waals surface area contributed by atoms with Crippen LogP contribution in [0.4, 0.5) is 4.79 Å². The lowest BCUT2D eigenvalue weighted by Crippen LogP contribution is -2.43. The SMILES string of the molecule is C#CCN(CC(=O)O)C(=O)NCCOCCC(C)C. The molecular formula is C13H22N2O4. The first-order chi connectivity index (χ1) is 8.97. The number of aliphatic carboxylic acids is 1. The first-order valence-corrected chi connectivity index (χ1v) is 6.23. The molecule has 0 rings (SSSR count). The number of carbonyl (C=O) groups excluding carboxylic acids is 1. The van der Waals surface area contributed by atoms with Crippen LogP contribution in [0.5, 0.6) is 0 Å². The number of urea groups is 1. The average molecular weight is 270 g/mol. The maximum atomic E-state index is 11.6. The molecule has 0 aliphatic rings. The zero-order valence-electron chi connectivity index (χ0n) is 11.5. The van der Waals surface area contributed by atoms with Gasteiger partial charge in [-0.1, -0.05) is 19.8 Å². The van der Waals surface area contributed by atoms with Crippen LogP contribution >= 0.6 is 0 Å². The summed E-state index contributed by atoms with van der Waals surface area (Å²) in [6, 6.07) is -0.493. The van der Waals surface area contributed by atoms with Gasteiger partial charge in [0.05, 0.1) is 13.2 Å².